The maximum atomic E-state index is 14.0. The van der Waals surface area contributed by atoms with E-state index >= 15 is 0 Å². The molecule has 2 N–H and O–H groups in total. The Morgan fingerprint density at radius 2 is 1.93 bits per heavy atom. The Morgan fingerprint density at radius 3 is 2.40 bits per heavy atom. The van der Waals surface area contributed by atoms with Crippen molar-refractivity contribution in [1.82, 2.24) is 0 Å². The number of hydrogen-bond acceptors (Lipinski definition) is 1. The van der Waals surface area contributed by atoms with Crippen molar-refractivity contribution < 1.29 is 8.78 Å². The average Bonchev–Trinajstić information content (AvgIpc) is 2.17. The van der Waals surface area contributed by atoms with Crippen LogP contribution in [-0.4, -0.2) is 6.54 Å². The molecular weight excluding hydrogens is 220 g/mol. The van der Waals surface area contributed by atoms with E-state index in [1.54, 1.807) is 6.07 Å². The molecule has 4 heteroatoms. The number of benzene rings is 1. The fourth-order valence-corrected chi connectivity index (χ4v) is 1.39. The van der Waals surface area contributed by atoms with E-state index in [2.05, 4.69) is 0 Å². The summed E-state index contributed by atoms with van der Waals surface area (Å²) in [5.74, 6) is -2.98. The van der Waals surface area contributed by atoms with Crippen molar-refractivity contribution in [2.75, 3.05) is 6.54 Å². The molecule has 0 unspecified atom stereocenters. The molecule has 1 nitrogen and oxygen atoms in total. The van der Waals surface area contributed by atoms with Crippen LogP contribution >= 0.6 is 11.6 Å². The van der Waals surface area contributed by atoms with E-state index in [4.69, 9.17) is 17.3 Å². The van der Waals surface area contributed by atoms with Crippen LogP contribution in [0.5, 0.6) is 0 Å². The van der Waals surface area contributed by atoms with Crippen LogP contribution in [0.4, 0.5) is 8.78 Å². The number of rotatable bonds is 3. The van der Waals surface area contributed by atoms with Crippen LogP contribution in [0.15, 0.2) is 24.3 Å². The molecule has 0 aliphatic heterocycles. The fraction of sp³-hybridized carbons (Fsp3) is 0.455. The van der Waals surface area contributed by atoms with Crippen LogP contribution < -0.4 is 5.73 Å². The highest BCUT2D eigenvalue weighted by molar-refractivity contribution is 6.30. The third kappa shape index (κ3) is 2.29. The summed E-state index contributed by atoms with van der Waals surface area (Å²) in [6, 6.07) is 5.72. The Morgan fingerprint density at radius 1 is 1.33 bits per heavy atom. The SMILES string of the molecule is CC(C)(CN)C(F)(F)c1cccc(Cl)c1. The summed E-state index contributed by atoms with van der Waals surface area (Å²) >= 11 is 5.68. The van der Waals surface area contributed by atoms with E-state index in [1.165, 1.54) is 32.0 Å². The zero-order chi connectivity index (χ0) is 11.7. The summed E-state index contributed by atoms with van der Waals surface area (Å²) in [7, 11) is 0. The number of halogens is 3. The maximum absolute atomic E-state index is 14.0. The van der Waals surface area contributed by atoms with Crippen LogP contribution in [0.2, 0.25) is 5.02 Å². The lowest BCUT2D eigenvalue weighted by molar-refractivity contribution is -0.108. The second kappa shape index (κ2) is 4.06. The Hall–Kier alpha value is -0.670. The van der Waals surface area contributed by atoms with Gasteiger partial charge in [0, 0.05) is 22.5 Å². The summed E-state index contributed by atoms with van der Waals surface area (Å²) in [6.45, 7) is 2.79. The Bertz CT molecular complexity index is 350. The van der Waals surface area contributed by atoms with Gasteiger partial charge in [0.15, 0.2) is 0 Å². The van der Waals surface area contributed by atoms with Gasteiger partial charge in [-0.2, -0.15) is 0 Å². The van der Waals surface area contributed by atoms with Crippen molar-refractivity contribution in [2.45, 2.75) is 19.8 Å². The molecule has 0 aliphatic carbocycles. The van der Waals surface area contributed by atoms with E-state index < -0.39 is 11.3 Å². The van der Waals surface area contributed by atoms with Gasteiger partial charge in [0.1, 0.15) is 0 Å². The van der Waals surface area contributed by atoms with E-state index in [-0.39, 0.29) is 12.1 Å². The molecule has 1 aromatic rings. The largest absolute Gasteiger partial charge is 0.330 e. The van der Waals surface area contributed by atoms with Crippen molar-refractivity contribution in [3.63, 3.8) is 0 Å². The Labute approximate surface area is 93.2 Å². The van der Waals surface area contributed by atoms with Gasteiger partial charge in [0.2, 0.25) is 0 Å². The molecule has 0 aliphatic rings. The molecule has 0 aromatic heterocycles. The van der Waals surface area contributed by atoms with Gasteiger partial charge in [-0.25, -0.2) is 8.78 Å². The van der Waals surface area contributed by atoms with E-state index in [0.29, 0.717) is 5.02 Å². The van der Waals surface area contributed by atoms with Gasteiger partial charge in [-0.1, -0.05) is 37.6 Å². The molecular formula is C11H14ClF2N. The normalized spacial score (nSPS) is 12.9. The fourth-order valence-electron chi connectivity index (χ4n) is 1.20. The molecule has 0 atom stereocenters. The molecule has 0 saturated carbocycles. The first-order chi connectivity index (χ1) is 6.81. The number of alkyl halides is 2. The third-order valence-electron chi connectivity index (χ3n) is 2.55. The van der Waals surface area contributed by atoms with Gasteiger partial charge < -0.3 is 5.73 Å². The molecule has 0 radical (unpaired) electrons. The van der Waals surface area contributed by atoms with Gasteiger partial charge >= 0.3 is 0 Å². The summed E-state index contributed by atoms with van der Waals surface area (Å²) < 4.78 is 28.0. The van der Waals surface area contributed by atoms with Crippen LogP contribution in [0.3, 0.4) is 0 Å². The number of nitrogens with two attached hydrogens (primary N) is 1. The predicted molar refractivity (Wildman–Crippen MR) is 58.2 cm³/mol. The predicted octanol–water partition coefficient (Wildman–Crippen LogP) is 3.42. The molecule has 0 amide bonds. The summed E-state index contributed by atoms with van der Waals surface area (Å²) in [4.78, 5) is 0. The average molecular weight is 234 g/mol. The summed E-state index contributed by atoms with van der Waals surface area (Å²) in [5, 5.41) is 0.306. The molecule has 15 heavy (non-hydrogen) atoms. The maximum Gasteiger partial charge on any atom is 0.279 e. The van der Waals surface area contributed by atoms with Gasteiger partial charge in [-0.15, -0.1) is 0 Å². The van der Waals surface area contributed by atoms with Crippen LogP contribution in [0.1, 0.15) is 19.4 Å². The van der Waals surface area contributed by atoms with Gasteiger partial charge in [-0.3, -0.25) is 0 Å². The molecule has 0 saturated heterocycles. The van der Waals surface area contributed by atoms with Gasteiger partial charge in [-0.05, 0) is 12.1 Å². The van der Waals surface area contributed by atoms with Crippen molar-refractivity contribution in [2.24, 2.45) is 11.1 Å². The van der Waals surface area contributed by atoms with E-state index in [9.17, 15) is 8.78 Å². The minimum atomic E-state index is -2.98. The summed E-state index contributed by atoms with van der Waals surface area (Å²) in [6.07, 6.45) is 0. The molecule has 1 rings (SSSR count). The van der Waals surface area contributed by atoms with Gasteiger partial charge in [0.05, 0.1) is 0 Å². The van der Waals surface area contributed by atoms with Crippen LogP contribution in [-0.2, 0) is 5.92 Å². The molecule has 0 bridgehead atoms. The molecule has 0 heterocycles. The zero-order valence-corrected chi connectivity index (χ0v) is 9.48. The van der Waals surface area contributed by atoms with E-state index in [1.807, 2.05) is 0 Å². The Kier molecular flexibility index (Phi) is 3.36. The summed E-state index contributed by atoms with van der Waals surface area (Å²) in [5.41, 5.74) is 3.98. The van der Waals surface area contributed by atoms with Crippen molar-refractivity contribution in [3.05, 3.63) is 34.9 Å². The van der Waals surface area contributed by atoms with Crippen molar-refractivity contribution in [1.29, 1.82) is 0 Å². The monoisotopic (exact) mass is 233 g/mol. The molecule has 0 spiro atoms. The lowest BCUT2D eigenvalue weighted by atomic mass is 9.82. The quantitative estimate of drug-likeness (QED) is 0.851. The zero-order valence-electron chi connectivity index (χ0n) is 8.73. The first-order valence-corrected chi connectivity index (χ1v) is 5.03. The first-order valence-electron chi connectivity index (χ1n) is 4.65. The van der Waals surface area contributed by atoms with E-state index in [0.717, 1.165) is 0 Å². The Balaban J connectivity index is 3.16. The number of hydrogen-bond donors (Lipinski definition) is 1. The standard InChI is InChI=1S/C11H14ClF2N/c1-10(2,7-15)11(13,14)8-4-3-5-9(12)6-8/h3-6H,7,15H2,1-2H3. The highest BCUT2D eigenvalue weighted by Crippen LogP contribution is 2.44. The topological polar surface area (TPSA) is 26.0 Å². The highest BCUT2D eigenvalue weighted by atomic mass is 35.5. The minimum Gasteiger partial charge on any atom is -0.330 e. The van der Waals surface area contributed by atoms with Crippen LogP contribution in [0, 0.1) is 5.41 Å². The molecule has 0 fully saturated rings. The smallest absolute Gasteiger partial charge is 0.279 e. The lowest BCUT2D eigenvalue weighted by Gasteiger charge is -2.33. The first kappa shape index (κ1) is 12.4. The van der Waals surface area contributed by atoms with Crippen molar-refractivity contribution in [3.8, 4) is 0 Å². The van der Waals surface area contributed by atoms with Crippen molar-refractivity contribution >= 4 is 11.6 Å². The van der Waals surface area contributed by atoms with Gasteiger partial charge in [0.25, 0.3) is 5.92 Å². The molecule has 1 aromatic carbocycles. The molecule has 84 valence electrons. The highest BCUT2D eigenvalue weighted by Gasteiger charge is 2.47. The minimum absolute atomic E-state index is 0.0908. The third-order valence-corrected chi connectivity index (χ3v) is 2.78. The van der Waals surface area contributed by atoms with Crippen LogP contribution in [0.25, 0.3) is 0 Å². The second-order valence-electron chi connectivity index (χ2n) is 4.17. The lowest BCUT2D eigenvalue weighted by Crippen LogP contribution is -2.40. The second-order valence-corrected chi connectivity index (χ2v) is 4.61.